The summed E-state index contributed by atoms with van der Waals surface area (Å²) in [6.07, 6.45) is 0.223. The molecule has 164 valence electrons. The molecule has 1 heterocycles. The predicted molar refractivity (Wildman–Crippen MR) is 108 cm³/mol. The SMILES string of the molecule is CCCCCC[C@@H]1C[C@@H](c2ccccc2)ON1S(=O)(=O)c1ccc(C(F)(F)F)cc1. The lowest BCUT2D eigenvalue weighted by Gasteiger charge is -2.22. The van der Waals surface area contributed by atoms with E-state index in [0.717, 1.165) is 60.0 Å². The molecule has 2 atom stereocenters. The molecule has 1 fully saturated rings. The normalized spacial score (nSPS) is 20.5. The molecule has 0 amide bonds. The van der Waals surface area contributed by atoms with Crippen molar-refractivity contribution in [2.45, 2.75) is 68.7 Å². The maximum atomic E-state index is 13.2. The van der Waals surface area contributed by atoms with E-state index in [-0.39, 0.29) is 10.9 Å². The lowest BCUT2D eigenvalue weighted by atomic mass is 9.99. The van der Waals surface area contributed by atoms with E-state index in [9.17, 15) is 21.6 Å². The van der Waals surface area contributed by atoms with Gasteiger partial charge in [0, 0.05) is 0 Å². The molecule has 2 aromatic carbocycles. The number of sulfonamides is 1. The van der Waals surface area contributed by atoms with Gasteiger partial charge in [-0.25, -0.2) is 8.42 Å². The van der Waals surface area contributed by atoms with Crippen molar-refractivity contribution in [2.75, 3.05) is 0 Å². The smallest absolute Gasteiger partial charge is 0.276 e. The number of hydrogen-bond donors (Lipinski definition) is 0. The van der Waals surface area contributed by atoms with Crippen LogP contribution in [-0.4, -0.2) is 18.9 Å². The average Bonchev–Trinajstić information content (AvgIpc) is 3.16. The van der Waals surface area contributed by atoms with E-state index in [2.05, 4.69) is 6.92 Å². The van der Waals surface area contributed by atoms with Crippen LogP contribution in [0.5, 0.6) is 0 Å². The van der Waals surface area contributed by atoms with Gasteiger partial charge in [0.15, 0.2) is 0 Å². The van der Waals surface area contributed by atoms with Gasteiger partial charge >= 0.3 is 6.18 Å². The van der Waals surface area contributed by atoms with Gasteiger partial charge in [-0.15, -0.1) is 0 Å². The van der Waals surface area contributed by atoms with Gasteiger partial charge in [0.1, 0.15) is 6.10 Å². The van der Waals surface area contributed by atoms with Gasteiger partial charge in [-0.1, -0.05) is 67.4 Å². The van der Waals surface area contributed by atoms with Crippen molar-refractivity contribution in [3.63, 3.8) is 0 Å². The molecule has 3 rings (SSSR count). The molecule has 1 saturated heterocycles. The molecule has 0 unspecified atom stereocenters. The number of nitrogens with zero attached hydrogens (tertiary/aromatic N) is 1. The van der Waals surface area contributed by atoms with E-state index < -0.39 is 27.9 Å². The van der Waals surface area contributed by atoms with Gasteiger partial charge in [-0.05, 0) is 42.7 Å². The van der Waals surface area contributed by atoms with Gasteiger partial charge in [0.2, 0.25) is 0 Å². The molecule has 0 radical (unpaired) electrons. The lowest BCUT2D eigenvalue weighted by Crippen LogP contribution is -2.34. The van der Waals surface area contributed by atoms with E-state index in [1.165, 1.54) is 0 Å². The van der Waals surface area contributed by atoms with Gasteiger partial charge in [-0.3, -0.25) is 4.84 Å². The summed E-state index contributed by atoms with van der Waals surface area (Å²) >= 11 is 0. The Kier molecular flexibility index (Phi) is 7.21. The van der Waals surface area contributed by atoms with Crippen LogP contribution in [-0.2, 0) is 21.0 Å². The van der Waals surface area contributed by atoms with Crippen molar-refractivity contribution >= 4 is 10.0 Å². The first-order chi connectivity index (χ1) is 14.2. The van der Waals surface area contributed by atoms with Crippen LogP contribution in [0.25, 0.3) is 0 Å². The summed E-state index contributed by atoms with van der Waals surface area (Å²) in [5.74, 6) is 0. The minimum absolute atomic E-state index is 0.206. The number of unbranched alkanes of at least 4 members (excludes halogenated alkanes) is 3. The van der Waals surface area contributed by atoms with E-state index in [1.807, 2.05) is 30.3 Å². The highest BCUT2D eigenvalue weighted by atomic mass is 32.2. The number of benzene rings is 2. The second-order valence-electron chi connectivity index (χ2n) is 7.53. The first-order valence-electron chi connectivity index (χ1n) is 10.2. The van der Waals surface area contributed by atoms with E-state index in [4.69, 9.17) is 4.84 Å². The average molecular weight is 442 g/mol. The number of hydrogen-bond acceptors (Lipinski definition) is 3. The minimum Gasteiger partial charge on any atom is -0.276 e. The van der Waals surface area contributed by atoms with Crippen LogP contribution in [0.4, 0.5) is 13.2 Å². The molecule has 1 aliphatic rings. The van der Waals surface area contributed by atoms with Crippen molar-refractivity contribution in [1.29, 1.82) is 0 Å². The van der Waals surface area contributed by atoms with Gasteiger partial charge in [0.05, 0.1) is 16.5 Å². The fourth-order valence-electron chi connectivity index (χ4n) is 3.65. The minimum atomic E-state index is -4.52. The Hall–Kier alpha value is -1.90. The highest BCUT2D eigenvalue weighted by Crippen LogP contribution is 2.39. The third-order valence-corrected chi connectivity index (χ3v) is 7.02. The van der Waals surface area contributed by atoms with Crippen LogP contribution in [0, 0.1) is 0 Å². The largest absolute Gasteiger partial charge is 0.416 e. The fraction of sp³-hybridized carbons (Fsp3) is 0.455. The first-order valence-corrected chi connectivity index (χ1v) is 11.6. The van der Waals surface area contributed by atoms with Crippen molar-refractivity contribution in [3.8, 4) is 0 Å². The third-order valence-electron chi connectivity index (χ3n) is 5.29. The zero-order chi connectivity index (χ0) is 21.8. The van der Waals surface area contributed by atoms with Crippen molar-refractivity contribution < 1.29 is 26.4 Å². The first kappa shape index (κ1) is 22.8. The van der Waals surface area contributed by atoms with Gasteiger partial charge in [-0.2, -0.15) is 13.2 Å². The Balaban J connectivity index is 1.84. The molecule has 0 N–H and O–H groups in total. The van der Waals surface area contributed by atoms with Crippen molar-refractivity contribution in [3.05, 3.63) is 65.7 Å². The highest BCUT2D eigenvalue weighted by molar-refractivity contribution is 7.89. The number of rotatable bonds is 8. The van der Waals surface area contributed by atoms with E-state index >= 15 is 0 Å². The summed E-state index contributed by atoms with van der Waals surface area (Å²) in [5.41, 5.74) is -0.0109. The molecule has 0 aliphatic carbocycles. The van der Waals surface area contributed by atoms with Crippen LogP contribution < -0.4 is 0 Å². The Morgan fingerprint density at radius 3 is 2.27 bits per heavy atom. The molecule has 8 heteroatoms. The summed E-state index contributed by atoms with van der Waals surface area (Å²) in [6, 6.07) is 12.6. The van der Waals surface area contributed by atoms with Crippen molar-refractivity contribution in [2.24, 2.45) is 0 Å². The maximum absolute atomic E-state index is 13.2. The van der Waals surface area contributed by atoms with Crippen LogP contribution in [0.2, 0.25) is 0 Å². The summed E-state index contributed by atoms with van der Waals surface area (Å²) in [4.78, 5) is 5.65. The Morgan fingerprint density at radius 1 is 1.00 bits per heavy atom. The molecule has 0 aromatic heterocycles. The van der Waals surface area contributed by atoms with Gasteiger partial charge < -0.3 is 0 Å². The Bertz CT molecular complexity index is 915. The molecule has 0 spiro atoms. The fourth-order valence-corrected chi connectivity index (χ4v) is 5.14. The zero-order valence-corrected chi connectivity index (χ0v) is 17.6. The van der Waals surface area contributed by atoms with Gasteiger partial charge in [0.25, 0.3) is 10.0 Å². The third kappa shape index (κ3) is 5.22. The zero-order valence-electron chi connectivity index (χ0n) is 16.8. The summed E-state index contributed by atoms with van der Waals surface area (Å²) < 4.78 is 65.9. The molecule has 0 bridgehead atoms. The molecule has 0 saturated carbocycles. The number of alkyl halides is 3. The van der Waals surface area contributed by atoms with Crippen LogP contribution in [0.3, 0.4) is 0 Å². The second kappa shape index (κ2) is 9.49. The Labute approximate surface area is 175 Å². The topological polar surface area (TPSA) is 46.6 Å². The van der Waals surface area contributed by atoms with E-state index in [0.29, 0.717) is 12.8 Å². The summed E-state index contributed by atoms with van der Waals surface area (Å²) in [6.45, 7) is 2.10. The van der Waals surface area contributed by atoms with Crippen LogP contribution >= 0.6 is 0 Å². The molecule has 1 aliphatic heterocycles. The Morgan fingerprint density at radius 2 is 1.67 bits per heavy atom. The second-order valence-corrected chi connectivity index (χ2v) is 9.31. The highest BCUT2D eigenvalue weighted by Gasteiger charge is 2.42. The van der Waals surface area contributed by atoms with Crippen LogP contribution in [0.15, 0.2) is 59.5 Å². The lowest BCUT2D eigenvalue weighted by molar-refractivity contribution is -0.137. The molecule has 4 nitrogen and oxygen atoms in total. The van der Waals surface area contributed by atoms with E-state index in [1.54, 1.807) is 0 Å². The standard InChI is InChI=1S/C22H26F3NO3S/c1-2-3-4-8-11-19-16-21(17-9-6-5-7-10-17)29-26(19)30(27,28)20-14-12-18(13-15-20)22(23,24)25/h5-7,9-10,12-15,19,21H,2-4,8,11,16H2,1H3/t19-,21+/m1/s1. The summed E-state index contributed by atoms with van der Waals surface area (Å²) in [5, 5.41) is 0. The molecular weight excluding hydrogens is 415 g/mol. The maximum Gasteiger partial charge on any atom is 0.416 e. The van der Waals surface area contributed by atoms with Crippen molar-refractivity contribution in [1.82, 2.24) is 4.47 Å². The van der Waals surface area contributed by atoms with Crippen LogP contribution in [0.1, 0.15) is 62.7 Å². The molecular formula is C22H26F3NO3S. The molecule has 30 heavy (non-hydrogen) atoms. The summed E-state index contributed by atoms with van der Waals surface area (Å²) in [7, 11) is -4.09. The predicted octanol–water partition coefficient (Wildman–Crippen LogP) is 6.11. The quantitative estimate of drug-likeness (QED) is 0.464. The number of halogens is 3. The monoisotopic (exact) mass is 441 g/mol. The molecule has 2 aromatic rings. The number of hydroxylamine groups is 1.